The van der Waals surface area contributed by atoms with E-state index in [-0.39, 0.29) is 23.6 Å². The molecule has 3 N–H and O–H groups in total. The minimum Gasteiger partial charge on any atom is -0.339 e. The topological polar surface area (TPSA) is 118 Å². The smallest absolute Gasteiger partial charge is 0.270 e. The van der Waals surface area contributed by atoms with Crippen LogP contribution in [0.2, 0.25) is 0 Å². The zero-order valence-electron chi connectivity index (χ0n) is 21.6. The Hall–Kier alpha value is -3.56. The summed E-state index contributed by atoms with van der Waals surface area (Å²) in [5.74, 6) is -1.29. The third kappa shape index (κ3) is 5.01. The molecule has 0 saturated heterocycles. The summed E-state index contributed by atoms with van der Waals surface area (Å²) in [7, 11) is 0. The highest BCUT2D eigenvalue weighted by atomic mass is 19.1. The maximum atomic E-state index is 15.1. The Kier molecular flexibility index (Phi) is 6.83. The lowest BCUT2D eigenvalue weighted by atomic mass is 9.75. The average Bonchev–Trinajstić information content (AvgIpc) is 3.28. The van der Waals surface area contributed by atoms with Gasteiger partial charge in [0.2, 0.25) is 11.9 Å². The number of aryl methyl sites for hydroxylation is 3. The lowest BCUT2D eigenvalue weighted by molar-refractivity contribution is -0.119. The second-order valence-electron chi connectivity index (χ2n) is 10.4. The van der Waals surface area contributed by atoms with E-state index in [0.29, 0.717) is 35.2 Å². The second-order valence-corrected chi connectivity index (χ2v) is 10.4. The van der Waals surface area contributed by atoms with E-state index in [1.807, 2.05) is 20.8 Å². The van der Waals surface area contributed by atoms with Crippen molar-refractivity contribution in [3.8, 4) is 11.1 Å². The number of rotatable bonds is 8. The first kappa shape index (κ1) is 25.1. The molecule has 1 spiro atoms. The standard InChI is InChI=1S/C27H34FN7O2/c1-4-19-22(16(3)33-34-19)18-8-9-21(30-24(18)28)31-26(37)23(17-7-6-11-27(15-17)12-13-27)32-25(36)20-10-14-29-35(20)5-2/h8-10,14,17,23H,4-7,11-13,15H2,1-3H3,(H,32,36)(H,33,34)(H,30,31,37)/t17-,23?/m0/s1. The van der Waals surface area contributed by atoms with Crippen LogP contribution in [0.3, 0.4) is 0 Å². The van der Waals surface area contributed by atoms with Gasteiger partial charge in [-0.15, -0.1) is 0 Å². The van der Waals surface area contributed by atoms with Crippen LogP contribution in [0.25, 0.3) is 11.1 Å². The third-order valence-electron chi connectivity index (χ3n) is 7.95. The van der Waals surface area contributed by atoms with Crippen molar-refractivity contribution in [3.05, 3.63) is 47.4 Å². The minimum atomic E-state index is -0.752. The van der Waals surface area contributed by atoms with E-state index < -0.39 is 12.0 Å². The number of aromatic nitrogens is 5. The Balaban J connectivity index is 1.38. The molecule has 3 heterocycles. The van der Waals surface area contributed by atoms with E-state index in [0.717, 1.165) is 30.7 Å². The van der Waals surface area contributed by atoms with Gasteiger partial charge in [-0.25, -0.2) is 4.98 Å². The summed E-state index contributed by atoms with van der Waals surface area (Å²) in [6, 6.07) is 4.10. The van der Waals surface area contributed by atoms with Gasteiger partial charge in [-0.3, -0.25) is 19.4 Å². The molecule has 0 radical (unpaired) electrons. The van der Waals surface area contributed by atoms with Crippen molar-refractivity contribution in [2.24, 2.45) is 11.3 Å². The number of halogens is 1. The summed E-state index contributed by atoms with van der Waals surface area (Å²) >= 11 is 0. The molecule has 2 fully saturated rings. The van der Waals surface area contributed by atoms with Gasteiger partial charge in [0.25, 0.3) is 5.91 Å². The summed E-state index contributed by atoms with van der Waals surface area (Å²) in [5, 5.41) is 17.1. The molecule has 0 aliphatic heterocycles. The van der Waals surface area contributed by atoms with Crippen LogP contribution >= 0.6 is 0 Å². The minimum absolute atomic E-state index is 0.00279. The van der Waals surface area contributed by atoms with Crippen molar-refractivity contribution in [2.75, 3.05) is 5.32 Å². The van der Waals surface area contributed by atoms with Gasteiger partial charge in [-0.2, -0.15) is 14.6 Å². The molecule has 3 aromatic heterocycles. The first-order valence-electron chi connectivity index (χ1n) is 13.2. The molecule has 0 bridgehead atoms. The summed E-state index contributed by atoms with van der Waals surface area (Å²) in [5.41, 5.74) is 3.27. The zero-order valence-corrected chi connectivity index (χ0v) is 21.6. The molecule has 0 aromatic carbocycles. The van der Waals surface area contributed by atoms with Crippen LogP contribution in [0.15, 0.2) is 24.4 Å². The van der Waals surface area contributed by atoms with Crippen molar-refractivity contribution >= 4 is 17.6 Å². The van der Waals surface area contributed by atoms with Crippen LogP contribution in [-0.2, 0) is 17.8 Å². The molecule has 2 amide bonds. The van der Waals surface area contributed by atoms with E-state index in [2.05, 4.69) is 30.9 Å². The fourth-order valence-corrected chi connectivity index (χ4v) is 5.79. The van der Waals surface area contributed by atoms with Gasteiger partial charge in [0, 0.05) is 29.6 Å². The van der Waals surface area contributed by atoms with E-state index in [9.17, 15) is 9.59 Å². The van der Waals surface area contributed by atoms with Crippen LogP contribution in [0, 0.1) is 24.2 Å². The summed E-state index contributed by atoms with van der Waals surface area (Å²) in [4.78, 5) is 30.8. The number of H-pyrrole nitrogens is 1. The fourth-order valence-electron chi connectivity index (χ4n) is 5.79. The lowest BCUT2D eigenvalue weighted by Gasteiger charge is -2.34. The number of amides is 2. The molecule has 9 nitrogen and oxygen atoms in total. The number of hydrogen-bond acceptors (Lipinski definition) is 5. The van der Waals surface area contributed by atoms with E-state index in [4.69, 9.17) is 0 Å². The predicted octanol–water partition coefficient (Wildman–Crippen LogP) is 4.41. The van der Waals surface area contributed by atoms with Gasteiger partial charge in [0.1, 0.15) is 17.6 Å². The highest BCUT2D eigenvalue weighted by Crippen LogP contribution is 2.58. The van der Waals surface area contributed by atoms with Gasteiger partial charge in [0.05, 0.1) is 5.69 Å². The van der Waals surface area contributed by atoms with E-state index in [1.165, 1.54) is 19.3 Å². The molecule has 2 aliphatic carbocycles. The van der Waals surface area contributed by atoms with Crippen molar-refractivity contribution in [2.45, 2.75) is 78.3 Å². The average molecular weight is 508 g/mol. The first-order valence-corrected chi connectivity index (χ1v) is 13.2. The molecule has 2 atom stereocenters. The number of anilines is 1. The predicted molar refractivity (Wildman–Crippen MR) is 137 cm³/mol. The van der Waals surface area contributed by atoms with Gasteiger partial charge < -0.3 is 10.6 Å². The lowest BCUT2D eigenvalue weighted by Crippen LogP contribution is -2.50. The van der Waals surface area contributed by atoms with Crippen LogP contribution in [0.4, 0.5) is 10.2 Å². The van der Waals surface area contributed by atoms with Gasteiger partial charge in [0.15, 0.2) is 0 Å². The normalized spacial score (nSPS) is 19.0. The second kappa shape index (κ2) is 10.1. The van der Waals surface area contributed by atoms with Gasteiger partial charge >= 0.3 is 0 Å². The quantitative estimate of drug-likeness (QED) is 0.391. The SMILES string of the molecule is CCc1n[nH]c(C)c1-c1ccc(NC(=O)C(NC(=O)c2ccnn2CC)[C@H]2CCCC3(CC3)C2)nc1F. The molecule has 3 aromatic rings. The van der Waals surface area contributed by atoms with Gasteiger partial charge in [-0.1, -0.05) is 13.3 Å². The van der Waals surface area contributed by atoms with Gasteiger partial charge in [-0.05, 0) is 81.9 Å². The van der Waals surface area contributed by atoms with Crippen LogP contribution in [-0.4, -0.2) is 42.8 Å². The molecular weight excluding hydrogens is 473 g/mol. The van der Waals surface area contributed by atoms with Crippen molar-refractivity contribution in [1.82, 2.24) is 30.3 Å². The summed E-state index contributed by atoms with van der Waals surface area (Å²) in [6.07, 6.45) is 8.54. The van der Waals surface area contributed by atoms with Crippen LogP contribution < -0.4 is 10.6 Å². The monoisotopic (exact) mass is 507 g/mol. The van der Waals surface area contributed by atoms with Crippen molar-refractivity contribution in [3.63, 3.8) is 0 Å². The van der Waals surface area contributed by atoms with Crippen LogP contribution in [0.5, 0.6) is 0 Å². The molecule has 10 heteroatoms. The maximum absolute atomic E-state index is 15.1. The summed E-state index contributed by atoms with van der Waals surface area (Å²) in [6.45, 7) is 6.25. The maximum Gasteiger partial charge on any atom is 0.270 e. The number of hydrogen-bond donors (Lipinski definition) is 3. The highest BCUT2D eigenvalue weighted by molar-refractivity contribution is 6.00. The third-order valence-corrected chi connectivity index (χ3v) is 7.95. The Morgan fingerprint density at radius 3 is 2.76 bits per heavy atom. The largest absolute Gasteiger partial charge is 0.339 e. The number of carbonyl (C=O) groups is 2. The molecule has 196 valence electrons. The van der Waals surface area contributed by atoms with E-state index >= 15 is 4.39 Å². The highest BCUT2D eigenvalue weighted by Gasteiger charge is 2.48. The Bertz CT molecular complexity index is 1310. The molecule has 1 unspecified atom stereocenters. The molecular formula is C27H34FN7O2. The number of aromatic amines is 1. The Morgan fingerprint density at radius 2 is 2.05 bits per heavy atom. The first-order chi connectivity index (χ1) is 17.8. The van der Waals surface area contributed by atoms with Crippen LogP contribution in [0.1, 0.15) is 74.2 Å². The molecule has 5 rings (SSSR count). The number of carbonyl (C=O) groups excluding carboxylic acids is 2. The van der Waals surface area contributed by atoms with E-state index in [1.54, 1.807) is 29.1 Å². The molecule has 37 heavy (non-hydrogen) atoms. The Labute approximate surface area is 215 Å². The molecule has 2 aliphatic rings. The fraction of sp³-hybridized carbons (Fsp3) is 0.519. The van der Waals surface area contributed by atoms with Crippen molar-refractivity contribution < 1.29 is 14.0 Å². The Morgan fingerprint density at radius 1 is 1.24 bits per heavy atom. The zero-order chi connectivity index (χ0) is 26.2. The number of nitrogens with one attached hydrogen (secondary N) is 3. The summed E-state index contributed by atoms with van der Waals surface area (Å²) < 4.78 is 16.7. The molecule has 2 saturated carbocycles. The van der Waals surface area contributed by atoms with Crippen molar-refractivity contribution in [1.29, 1.82) is 0 Å². The number of nitrogens with zero attached hydrogens (tertiary/aromatic N) is 4. The number of pyridine rings is 1.